The molecule has 0 spiro atoms. The minimum atomic E-state index is -0.703. The van der Waals surface area contributed by atoms with E-state index in [0.29, 0.717) is 38.9 Å². The molecule has 2 fully saturated rings. The lowest BCUT2D eigenvalue weighted by Crippen LogP contribution is -2.56. The molecule has 9 heteroatoms. The van der Waals surface area contributed by atoms with Crippen LogP contribution in [0.4, 0.5) is 0 Å². The van der Waals surface area contributed by atoms with Gasteiger partial charge in [0.25, 0.3) is 0 Å². The number of likely N-dealkylation sites (N-methyl/N-ethyl adjacent to an activating group) is 1. The third-order valence-electron chi connectivity index (χ3n) is 6.32. The number of nitrogens with zero attached hydrogens (tertiary/aromatic N) is 1. The van der Waals surface area contributed by atoms with E-state index < -0.39 is 24.4 Å². The summed E-state index contributed by atoms with van der Waals surface area (Å²) in [6, 6.07) is 5.77. The number of nitrogens with one attached hydrogen (secondary N) is 3. The number of rotatable bonds is 5. The molecule has 1 aromatic rings. The molecule has 0 aromatic heterocycles. The van der Waals surface area contributed by atoms with Gasteiger partial charge >= 0.3 is 0 Å². The van der Waals surface area contributed by atoms with E-state index in [9.17, 15) is 14.4 Å². The molecule has 5 atom stereocenters. The van der Waals surface area contributed by atoms with E-state index in [1.165, 1.54) is 4.90 Å². The molecule has 3 heterocycles. The maximum absolute atomic E-state index is 13.3. The summed E-state index contributed by atoms with van der Waals surface area (Å²) < 4.78 is 11.5. The van der Waals surface area contributed by atoms with E-state index >= 15 is 0 Å². The second-order valence-electron chi connectivity index (χ2n) is 8.26. The smallest absolute Gasteiger partial charge is 0.247 e. The highest BCUT2D eigenvalue weighted by Gasteiger charge is 2.46. The van der Waals surface area contributed by atoms with E-state index in [1.54, 1.807) is 14.0 Å². The van der Waals surface area contributed by atoms with Gasteiger partial charge in [0.15, 0.2) is 0 Å². The van der Waals surface area contributed by atoms with Gasteiger partial charge in [-0.25, -0.2) is 0 Å². The number of carbonyl (C=O) groups excluding carboxylic acids is 3. The average Bonchev–Trinajstić information content (AvgIpc) is 3.15. The fraction of sp³-hybridized carbons (Fsp3) is 0.591. The van der Waals surface area contributed by atoms with Crippen molar-refractivity contribution in [3.8, 4) is 5.75 Å². The number of amides is 3. The molecule has 31 heavy (non-hydrogen) atoms. The Balaban J connectivity index is 1.47. The van der Waals surface area contributed by atoms with Crippen LogP contribution in [0, 0.1) is 0 Å². The zero-order valence-corrected chi connectivity index (χ0v) is 17.9. The Labute approximate surface area is 181 Å². The Morgan fingerprint density at radius 1 is 1.06 bits per heavy atom. The van der Waals surface area contributed by atoms with E-state index in [4.69, 9.17) is 9.47 Å². The lowest BCUT2D eigenvalue weighted by molar-refractivity contribution is -0.149. The predicted molar refractivity (Wildman–Crippen MR) is 112 cm³/mol. The van der Waals surface area contributed by atoms with Crippen LogP contribution in [-0.4, -0.2) is 67.2 Å². The Bertz CT molecular complexity index is 847. The van der Waals surface area contributed by atoms with Gasteiger partial charge < -0.3 is 30.3 Å². The normalized spacial score (nSPS) is 28.6. The number of hydrogen-bond acceptors (Lipinski definition) is 6. The van der Waals surface area contributed by atoms with Crippen molar-refractivity contribution in [2.45, 2.75) is 63.0 Å². The zero-order chi connectivity index (χ0) is 22.0. The summed E-state index contributed by atoms with van der Waals surface area (Å²) in [6.45, 7) is 2.61. The van der Waals surface area contributed by atoms with Gasteiger partial charge in [-0.15, -0.1) is 0 Å². The first-order chi connectivity index (χ1) is 15.0. The van der Waals surface area contributed by atoms with Crippen LogP contribution in [0.2, 0.25) is 0 Å². The lowest BCUT2D eigenvalue weighted by Gasteiger charge is -2.32. The van der Waals surface area contributed by atoms with E-state index in [-0.39, 0.29) is 23.8 Å². The van der Waals surface area contributed by atoms with Crippen LogP contribution in [0.25, 0.3) is 0 Å². The molecule has 0 saturated carbocycles. The number of carbonyl (C=O) groups is 3. The number of para-hydroxylation sites is 1. The molecule has 2 unspecified atom stereocenters. The van der Waals surface area contributed by atoms with Gasteiger partial charge in [0.05, 0.1) is 25.3 Å². The number of ether oxygens (including phenoxy) is 2. The van der Waals surface area contributed by atoms with Gasteiger partial charge in [-0.1, -0.05) is 18.2 Å². The summed E-state index contributed by atoms with van der Waals surface area (Å²) in [5.74, 6) is 0.0678. The molecule has 2 saturated heterocycles. The summed E-state index contributed by atoms with van der Waals surface area (Å²) >= 11 is 0. The fourth-order valence-electron chi connectivity index (χ4n) is 4.44. The van der Waals surface area contributed by atoms with E-state index in [1.807, 2.05) is 24.3 Å². The minimum Gasteiger partial charge on any atom is -0.493 e. The monoisotopic (exact) mass is 430 g/mol. The first kappa shape index (κ1) is 21.6. The number of fused-ring (bicyclic) bond motifs is 2. The molecule has 3 aliphatic heterocycles. The van der Waals surface area contributed by atoms with Gasteiger partial charge in [0.2, 0.25) is 17.7 Å². The average molecular weight is 431 g/mol. The third kappa shape index (κ3) is 4.38. The second kappa shape index (κ2) is 9.23. The van der Waals surface area contributed by atoms with Crippen molar-refractivity contribution in [1.29, 1.82) is 0 Å². The largest absolute Gasteiger partial charge is 0.493 e. The molecule has 0 aliphatic carbocycles. The van der Waals surface area contributed by atoms with Crippen molar-refractivity contribution in [2.75, 3.05) is 20.3 Å². The molecule has 4 rings (SSSR count). The summed E-state index contributed by atoms with van der Waals surface area (Å²) in [5, 5.41) is 8.78. The Morgan fingerprint density at radius 2 is 1.84 bits per heavy atom. The van der Waals surface area contributed by atoms with Crippen LogP contribution in [0.1, 0.15) is 44.2 Å². The van der Waals surface area contributed by atoms with E-state index in [0.717, 1.165) is 11.3 Å². The second-order valence-corrected chi connectivity index (χ2v) is 8.26. The van der Waals surface area contributed by atoms with Gasteiger partial charge in [-0.3, -0.25) is 14.4 Å². The molecule has 3 aliphatic rings. The number of benzene rings is 1. The summed E-state index contributed by atoms with van der Waals surface area (Å²) in [6.07, 6.45) is 1.75. The van der Waals surface area contributed by atoms with Crippen LogP contribution in [-0.2, 0) is 19.1 Å². The molecule has 3 N–H and O–H groups in total. The van der Waals surface area contributed by atoms with Crippen LogP contribution in [0.5, 0.6) is 5.75 Å². The first-order valence-corrected chi connectivity index (χ1v) is 10.9. The third-order valence-corrected chi connectivity index (χ3v) is 6.32. The van der Waals surface area contributed by atoms with Gasteiger partial charge in [0, 0.05) is 18.4 Å². The minimum absolute atomic E-state index is 0.161. The van der Waals surface area contributed by atoms with Crippen molar-refractivity contribution < 1.29 is 23.9 Å². The van der Waals surface area contributed by atoms with Gasteiger partial charge in [-0.05, 0) is 32.9 Å². The van der Waals surface area contributed by atoms with Gasteiger partial charge in [-0.2, -0.15) is 0 Å². The molecule has 3 amide bonds. The lowest BCUT2D eigenvalue weighted by atomic mass is 10.00. The quantitative estimate of drug-likeness (QED) is 0.626. The topological polar surface area (TPSA) is 109 Å². The summed E-state index contributed by atoms with van der Waals surface area (Å²) in [5.41, 5.74) is 0.946. The van der Waals surface area contributed by atoms with Crippen LogP contribution >= 0.6 is 0 Å². The molecule has 0 bridgehead atoms. The Hall–Kier alpha value is -2.65. The number of hydrogen-bond donors (Lipinski definition) is 3. The fourth-order valence-corrected chi connectivity index (χ4v) is 4.44. The van der Waals surface area contributed by atoms with Crippen LogP contribution < -0.4 is 20.7 Å². The molecular weight excluding hydrogens is 400 g/mol. The van der Waals surface area contributed by atoms with E-state index in [2.05, 4.69) is 16.0 Å². The maximum atomic E-state index is 13.3. The molecule has 1 aromatic carbocycles. The van der Waals surface area contributed by atoms with Crippen molar-refractivity contribution in [2.24, 2.45) is 0 Å². The van der Waals surface area contributed by atoms with Crippen LogP contribution in [0.3, 0.4) is 0 Å². The highest BCUT2D eigenvalue weighted by Crippen LogP contribution is 2.33. The standard InChI is InChI=1S/C22H30N4O5/c1-13(23-2)20(27)25-16-10-12-31-19-8-7-17(26(19)22(16)29)21(28)24-15-9-11-30-18-6-4-3-5-14(15)18/h3-6,13,15-17,19,23H,7-12H2,1-2H3,(H,24,28)(H,25,27)/t13?,15?,16-,17+,19-/m0/s1. The maximum Gasteiger partial charge on any atom is 0.247 e. The highest BCUT2D eigenvalue weighted by atomic mass is 16.5. The predicted octanol–water partition coefficient (Wildman–Crippen LogP) is 0.457. The van der Waals surface area contributed by atoms with Crippen molar-refractivity contribution in [3.05, 3.63) is 29.8 Å². The zero-order valence-electron chi connectivity index (χ0n) is 17.9. The SMILES string of the molecule is CNC(C)C(=O)N[C@H]1CCO[C@H]2CC[C@H](C(=O)NC3CCOc4ccccc43)N2C1=O. The Morgan fingerprint density at radius 3 is 2.65 bits per heavy atom. The molecule has 0 radical (unpaired) electrons. The van der Waals surface area contributed by atoms with Crippen molar-refractivity contribution >= 4 is 17.7 Å². The Kier molecular flexibility index (Phi) is 6.43. The highest BCUT2D eigenvalue weighted by molar-refractivity contribution is 5.93. The van der Waals surface area contributed by atoms with Crippen molar-refractivity contribution in [1.82, 2.24) is 20.9 Å². The van der Waals surface area contributed by atoms with Gasteiger partial charge in [0.1, 0.15) is 24.1 Å². The molecule has 9 nitrogen and oxygen atoms in total. The molecular formula is C22H30N4O5. The van der Waals surface area contributed by atoms with Crippen LogP contribution in [0.15, 0.2) is 24.3 Å². The summed E-state index contributed by atoms with van der Waals surface area (Å²) in [7, 11) is 1.69. The van der Waals surface area contributed by atoms with Crippen molar-refractivity contribution in [3.63, 3.8) is 0 Å². The molecule has 168 valence electrons. The first-order valence-electron chi connectivity index (χ1n) is 10.9. The summed E-state index contributed by atoms with van der Waals surface area (Å²) in [4.78, 5) is 40.4.